The highest BCUT2D eigenvalue weighted by molar-refractivity contribution is 5.87. The van der Waals surface area contributed by atoms with Crippen LogP contribution in [0.15, 0.2) is 12.1 Å². The third-order valence-corrected chi connectivity index (χ3v) is 7.02. The molecule has 2 saturated carbocycles. The van der Waals surface area contributed by atoms with Crippen molar-refractivity contribution >= 4 is 5.78 Å². The minimum absolute atomic E-state index is 0.0320. The lowest BCUT2D eigenvalue weighted by Crippen LogP contribution is -2.42. The number of hydrogen-bond donors (Lipinski definition) is 0. The van der Waals surface area contributed by atoms with Crippen LogP contribution in [0.3, 0.4) is 0 Å². The molecule has 0 N–H and O–H groups in total. The van der Waals surface area contributed by atoms with Crippen molar-refractivity contribution in [2.24, 2.45) is 17.3 Å². The van der Waals surface area contributed by atoms with Gasteiger partial charge < -0.3 is 4.74 Å². The Hall–Kier alpha value is -1.31. The maximum atomic E-state index is 12.4. The predicted molar refractivity (Wildman–Crippen MR) is 87.4 cm³/mol. The van der Waals surface area contributed by atoms with E-state index in [1.807, 2.05) is 0 Å². The number of ether oxygens (including phenoxy) is 1. The Morgan fingerprint density at radius 1 is 1.18 bits per heavy atom. The van der Waals surface area contributed by atoms with E-state index in [1.165, 1.54) is 23.1 Å². The number of hydrogen-bond acceptors (Lipinski definition) is 2. The average Bonchev–Trinajstić information content (AvgIpc) is 2.83. The van der Waals surface area contributed by atoms with Gasteiger partial charge in [0.15, 0.2) is 0 Å². The third kappa shape index (κ3) is 1.76. The summed E-state index contributed by atoms with van der Waals surface area (Å²) in [4.78, 5) is 12.4. The normalized spacial score (nSPS) is 36.5. The first-order valence-corrected chi connectivity index (χ1v) is 8.76. The van der Waals surface area contributed by atoms with Crippen LogP contribution < -0.4 is 4.74 Å². The molecule has 2 nitrogen and oxygen atoms in total. The molecule has 0 amide bonds. The van der Waals surface area contributed by atoms with Gasteiger partial charge in [-0.15, -0.1) is 0 Å². The molecule has 3 aliphatic carbocycles. The fourth-order valence-electron chi connectivity index (χ4n) is 5.80. The number of carbonyl (C=O) groups is 1. The molecular formula is C20H26O2. The standard InChI is InChI=1S/C20H26O2/c1-12-4-8-17(22-3)19-13(12)5-6-14-15(19)10-11-20(2)16(14)7-9-18(20)21/h4,8,14-16H,5-7,9-11H2,1-3H3/t14-,15-,16+,20+/m1/s1. The lowest BCUT2D eigenvalue weighted by molar-refractivity contribution is -0.129. The van der Waals surface area contributed by atoms with Gasteiger partial charge in [0, 0.05) is 17.4 Å². The average molecular weight is 298 g/mol. The molecule has 0 bridgehead atoms. The zero-order chi connectivity index (χ0) is 15.5. The number of fused-ring (bicyclic) bond motifs is 5. The molecule has 0 saturated heterocycles. The van der Waals surface area contributed by atoms with Crippen LogP contribution >= 0.6 is 0 Å². The maximum absolute atomic E-state index is 12.4. The SMILES string of the molecule is COc1ccc(C)c2c1[C@@H]1CC[C@]3(C)C(=O)CC[C@H]3[C@@H]1CC2. The third-order valence-electron chi connectivity index (χ3n) is 7.02. The molecule has 0 heterocycles. The molecule has 4 rings (SSSR count). The Labute approximate surface area is 133 Å². The molecule has 1 aromatic carbocycles. The van der Waals surface area contributed by atoms with Crippen LogP contribution in [0.25, 0.3) is 0 Å². The number of aryl methyl sites for hydroxylation is 1. The summed E-state index contributed by atoms with van der Waals surface area (Å²) in [5.74, 6) is 3.47. The Bertz CT molecular complexity index is 633. The molecule has 2 fully saturated rings. The minimum atomic E-state index is -0.0320. The van der Waals surface area contributed by atoms with Crippen molar-refractivity contribution in [3.8, 4) is 5.75 Å². The molecule has 0 aromatic heterocycles. The van der Waals surface area contributed by atoms with Gasteiger partial charge in [-0.05, 0) is 74.0 Å². The molecule has 3 aliphatic rings. The summed E-state index contributed by atoms with van der Waals surface area (Å²) in [7, 11) is 1.79. The predicted octanol–water partition coefficient (Wildman–Crippen LogP) is 4.43. The largest absolute Gasteiger partial charge is 0.496 e. The monoisotopic (exact) mass is 298 g/mol. The lowest BCUT2D eigenvalue weighted by atomic mass is 9.55. The van der Waals surface area contributed by atoms with E-state index < -0.39 is 0 Å². The van der Waals surface area contributed by atoms with E-state index in [0.29, 0.717) is 23.5 Å². The van der Waals surface area contributed by atoms with Crippen molar-refractivity contribution in [1.29, 1.82) is 0 Å². The summed E-state index contributed by atoms with van der Waals surface area (Å²) in [5, 5.41) is 0. The van der Waals surface area contributed by atoms with Crippen LogP contribution in [-0.2, 0) is 11.2 Å². The van der Waals surface area contributed by atoms with Crippen molar-refractivity contribution in [1.82, 2.24) is 0 Å². The molecule has 0 spiro atoms. The molecule has 0 aliphatic heterocycles. The summed E-state index contributed by atoms with van der Waals surface area (Å²) in [5.41, 5.74) is 4.37. The highest BCUT2D eigenvalue weighted by atomic mass is 16.5. The first-order chi connectivity index (χ1) is 10.6. The summed E-state index contributed by atoms with van der Waals surface area (Å²) >= 11 is 0. The van der Waals surface area contributed by atoms with E-state index in [1.54, 1.807) is 7.11 Å². The first-order valence-electron chi connectivity index (χ1n) is 8.76. The van der Waals surface area contributed by atoms with Gasteiger partial charge in [0.2, 0.25) is 0 Å². The van der Waals surface area contributed by atoms with Crippen LogP contribution in [0.1, 0.15) is 61.6 Å². The van der Waals surface area contributed by atoms with Crippen LogP contribution in [0.4, 0.5) is 0 Å². The molecule has 2 heteroatoms. The lowest BCUT2D eigenvalue weighted by Gasteiger charge is -2.48. The Kier molecular flexibility index (Phi) is 3.15. The summed E-state index contributed by atoms with van der Waals surface area (Å²) < 4.78 is 5.71. The summed E-state index contributed by atoms with van der Waals surface area (Å²) in [6, 6.07) is 4.34. The van der Waals surface area contributed by atoms with Crippen LogP contribution in [0.5, 0.6) is 5.75 Å². The zero-order valence-electron chi connectivity index (χ0n) is 13.9. The summed E-state index contributed by atoms with van der Waals surface area (Å²) in [6.45, 7) is 4.47. The van der Waals surface area contributed by atoms with Crippen LogP contribution in [-0.4, -0.2) is 12.9 Å². The summed E-state index contributed by atoms with van der Waals surface area (Å²) in [6.07, 6.45) is 6.53. The fraction of sp³-hybridized carbons (Fsp3) is 0.650. The topological polar surface area (TPSA) is 26.3 Å². The van der Waals surface area contributed by atoms with Gasteiger partial charge in [-0.3, -0.25) is 4.79 Å². The highest BCUT2D eigenvalue weighted by Crippen LogP contribution is 2.60. The van der Waals surface area contributed by atoms with Gasteiger partial charge in [0.1, 0.15) is 11.5 Å². The molecule has 22 heavy (non-hydrogen) atoms. The van der Waals surface area contributed by atoms with Crippen molar-refractivity contribution in [3.63, 3.8) is 0 Å². The number of benzene rings is 1. The van der Waals surface area contributed by atoms with Gasteiger partial charge in [0.05, 0.1) is 7.11 Å². The van der Waals surface area contributed by atoms with Gasteiger partial charge in [-0.1, -0.05) is 13.0 Å². The van der Waals surface area contributed by atoms with E-state index in [0.717, 1.165) is 37.9 Å². The number of Topliss-reactive ketones (excluding diaryl/α,β-unsaturated/α-hetero) is 1. The number of methoxy groups -OCH3 is 1. The van der Waals surface area contributed by atoms with Gasteiger partial charge in [-0.2, -0.15) is 0 Å². The van der Waals surface area contributed by atoms with E-state index >= 15 is 0 Å². The highest BCUT2D eigenvalue weighted by Gasteiger charge is 2.55. The van der Waals surface area contributed by atoms with Crippen molar-refractivity contribution in [2.75, 3.05) is 7.11 Å². The Morgan fingerprint density at radius 3 is 2.77 bits per heavy atom. The van der Waals surface area contributed by atoms with Crippen LogP contribution in [0, 0.1) is 24.2 Å². The first kappa shape index (κ1) is 14.3. The molecular weight excluding hydrogens is 272 g/mol. The van der Waals surface area contributed by atoms with Gasteiger partial charge in [-0.25, -0.2) is 0 Å². The minimum Gasteiger partial charge on any atom is -0.496 e. The van der Waals surface area contributed by atoms with Gasteiger partial charge >= 0.3 is 0 Å². The number of rotatable bonds is 1. The molecule has 0 unspecified atom stereocenters. The second kappa shape index (κ2) is 4.84. The maximum Gasteiger partial charge on any atom is 0.139 e. The van der Waals surface area contributed by atoms with Crippen LogP contribution in [0.2, 0.25) is 0 Å². The molecule has 118 valence electrons. The quantitative estimate of drug-likeness (QED) is 0.766. The van der Waals surface area contributed by atoms with Crippen molar-refractivity contribution < 1.29 is 9.53 Å². The fourth-order valence-corrected chi connectivity index (χ4v) is 5.80. The Balaban J connectivity index is 1.79. The second-order valence-electron chi connectivity index (χ2n) is 7.81. The smallest absolute Gasteiger partial charge is 0.139 e. The van der Waals surface area contributed by atoms with E-state index in [2.05, 4.69) is 26.0 Å². The number of carbonyl (C=O) groups excluding carboxylic acids is 1. The van der Waals surface area contributed by atoms with Crippen molar-refractivity contribution in [3.05, 3.63) is 28.8 Å². The zero-order valence-corrected chi connectivity index (χ0v) is 13.9. The van der Waals surface area contributed by atoms with E-state index in [-0.39, 0.29) is 5.41 Å². The molecule has 0 radical (unpaired) electrons. The number of ketones is 1. The molecule has 1 aromatic rings. The second-order valence-corrected chi connectivity index (χ2v) is 7.81. The van der Waals surface area contributed by atoms with E-state index in [9.17, 15) is 4.79 Å². The Morgan fingerprint density at radius 2 is 2.00 bits per heavy atom. The van der Waals surface area contributed by atoms with Gasteiger partial charge in [0.25, 0.3) is 0 Å². The van der Waals surface area contributed by atoms with Crippen molar-refractivity contribution in [2.45, 2.75) is 58.3 Å². The molecule has 4 atom stereocenters. The van der Waals surface area contributed by atoms with E-state index in [4.69, 9.17) is 4.74 Å².